The van der Waals surface area contributed by atoms with Gasteiger partial charge in [0.15, 0.2) is 8.32 Å². The minimum atomic E-state index is -1.25. The molecular weight excluding hydrogens is 164 g/mol. The molecule has 0 bridgehead atoms. The molecule has 0 N–H and O–H groups in total. The molecule has 0 saturated heterocycles. The second-order valence-corrected chi connectivity index (χ2v) is 8.24. The minimum Gasteiger partial charge on any atom is -0.420 e. The van der Waals surface area contributed by atoms with Crippen molar-refractivity contribution in [1.82, 2.24) is 0 Å². The molecule has 1 nitrogen and oxygen atoms in total. The van der Waals surface area contributed by atoms with Crippen molar-refractivity contribution < 1.29 is 4.43 Å². The monoisotopic (exact) mass is 188 g/mol. The molecule has 74 valence electrons. The lowest BCUT2D eigenvalue weighted by Gasteiger charge is -2.27. The molecule has 0 aromatic rings. The standard InChI is InChI=1S/C10H24OSi/c1-5-8-9-10-12(6-2,7-3)11-4/h5-10H2,1-4H3. The molecule has 0 heterocycles. The van der Waals surface area contributed by atoms with Crippen LogP contribution in [0.1, 0.15) is 40.0 Å². The smallest absolute Gasteiger partial charge is 0.191 e. The van der Waals surface area contributed by atoms with Crippen LogP contribution in [0.5, 0.6) is 0 Å². The fraction of sp³-hybridized carbons (Fsp3) is 1.00. The second-order valence-electron chi connectivity index (χ2n) is 3.55. The molecule has 0 amide bonds. The van der Waals surface area contributed by atoms with E-state index in [0.717, 1.165) is 0 Å². The average Bonchev–Trinajstić information content (AvgIpc) is 2.14. The van der Waals surface area contributed by atoms with Crippen LogP contribution < -0.4 is 0 Å². The van der Waals surface area contributed by atoms with E-state index in [4.69, 9.17) is 4.43 Å². The van der Waals surface area contributed by atoms with Crippen LogP contribution in [-0.4, -0.2) is 15.4 Å². The summed E-state index contributed by atoms with van der Waals surface area (Å²) in [5.41, 5.74) is 0. The van der Waals surface area contributed by atoms with Gasteiger partial charge >= 0.3 is 0 Å². The third kappa shape index (κ3) is 3.72. The molecular formula is C10H24OSi. The van der Waals surface area contributed by atoms with Gasteiger partial charge in [-0.15, -0.1) is 0 Å². The third-order valence-electron chi connectivity index (χ3n) is 2.96. The fourth-order valence-corrected chi connectivity index (χ4v) is 4.57. The molecule has 0 aliphatic heterocycles. The number of rotatable bonds is 7. The minimum absolute atomic E-state index is 1.25. The zero-order valence-corrected chi connectivity index (χ0v) is 10.2. The first kappa shape index (κ1) is 12.2. The van der Waals surface area contributed by atoms with Crippen LogP contribution in [0.15, 0.2) is 0 Å². The average molecular weight is 188 g/mol. The van der Waals surface area contributed by atoms with Crippen molar-refractivity contribution in [3.63, 3.8) is 0 Å². The van der Waals surface area contributed by atoms with Gasteiger partial charge in [0, 0.05) is 7.11 Å². The van der Waals surface area contributed by atoms with Crippen LogP contribution in [0.4, 0.5) is 0 Å². The molecule has 0 saturated carbocycles. The predicted octanol–water partition coefficient (Wildman–Crippen LogP) is 3.81. The first-order valence-corrected chi connectivity index (χ1v) is 7.82. The molecule has 2 heteroatoms. The van der Waals surface area contributed by atoms with Gasteiger partial charge in [-0.05, 0) is 18.1 Å². The largest absolute Gasteiger partial charge is 0.420 e. The summed E-state index contributed by atoms with van der Waals surface area (Å²) < 4.78 is 5.72. The Hall–Kier alpha value is 0.177. The molecule has 12 heavy (non-hydrogen) atoms. The van der Waals surface area contributed by atoms with Gasteiger partial charge in [-0.25, -0.2) is 0 Å². The maximum Gasteiger partial charge on any atom is 0.191 e. The maximum atomic E-state index is 5.72. The Morgan fingerprint density at radius 3 is 1.92 bits per heavy atom. The third-order valence-corrected chi connectivity index (χ3v) is 7.67. The highest BCUT2D eigenvalue weighted by molar-refractivity contribution is 6.73. The number of hydrogen-bond acceptors (Lipinski definition) is 1. The van der Waals surface area contributed by atoms with Gasteiger partial charge in [0.25, 0.3) is 0 Å². The zero-order chi connectivity index (χ0) is 9.45. The van der Waals surface area contributed by atoms with E-state index >= 15 is 0 Å². The SMILES string of the molecule is CCCCC[Si](CC)(CC)OC. The Kier molecular flexibility index (Phi) is 6.77. The van der Waals surface area contributed by atoms with Gasteiger partial charge in [0.2, 0.25) is 0 Å². The molecule has 0 aromatic heterocycles. The van der Waals surface area contributed by atoms with Crippen LogP contribution in [0.25, 0.3) is 0 Å². The summed E-state index contributed by atoms with van der Waals surface area (Å²) in [5.74, 6) is 0. The fourth-order valence-electron chi connectivity index (χ4n) is 1.69. The lowest BCUT2D eigenvalue weighted by molar-refractivity contribution is 0.389. The summed E-state index contributed by atoms with van der Waals surface area (Å²) in [6.07, 6.45) is 4.07. The molecule has 0 aliphatic carbocycles. The Morgan fingerprint density at radius 2 is 1.58 bits per heavy atom. The number of unbranched alkanes of at least 4 members (excludes halogenated alkanes) is 2. The van der Waals surface area contributed by atoms with Crippen LogP contribution in [-0.2, 0) is 4.43 Å². The molecule has 0 aromatic carbocycles. The van der Waals surface area contributed by atoms with E-state index in [9.17, 15) is 0 Å². The molecule has 0 fully saturated rings. The van der Waals surface area contributed by atoms with Crippen LogP contribution in [0, 0.1) is 0 Å². The van der Waals surface area contributed by atoms with Crippen LogP contribution >= 0.6 is 0 Å². The quantitative estimate of drug-likeness (QED) is 0.436. The number of hydrogen-bond donors (Lipinski definition) is 0. The summed E-state index contributed by atoms with van der Waals surface area (Å²) in [6.45, 7) is 6.82. The Labute approximate surface area is 78.6 Å². The lowest BCUT2D eigenvalue weighted by Crippen LogP contribution is -2.34. The van der Waals surface area contributed by atoms with E-state index in [1.165, 1.54) is 37.4 Å². The maximum absolute atomic E-state index is 5.72. The zero-order valence-electron chi connectivity index (χ0n) is 9.15. The molecule has 0 rings (SSSR count). The van der Waals surface area contributed by atoms with Gasteiger partial charge < -0.3 is 4.43 Å². The molecule has 0 spiro atoms. The molecule has 0 aliphatic rings. The summed E-state index contributed by atoms with van der Waals surface area (Å²) in [5, 5.41) is 0. The lowest BCUT2D eigenvalue weighted by atomic mass is 10.3. The van der Waals surface area contributed by atoms with Crippen molar-refractivity contribution in [2.24, 2.45) is 0 Å². The van der Waals surface area contributed by atoms with E-state index in [1.807, 2.05) is 7.11 Å². The van der Waals surface area contributed by atoms with E-state index in [1.54, 1.807) is 0 Å². The van der Waals surface area contributed by atoms with E-state index < -0.39 is 8.32 Å². The van der Waals surface area contributed by atoms with Crippen molar-refractivity contribution in [3.05, 3.63) is 0 Å². The summed E-state index contributed by atoms with van der Waals surface area (Å²) in [7, 11) is 0.653. The summed E-state index contributed by atoms with van der Waals surface area (Å²) >= 11 is 0. The van der Waals surface area contributed by atoms with Crippen molar-refractivity contribution in [2.75, 3.05) is 7.11 Å². The molecule has 0 radical (unpaired) electrons. The van der Waals surface area contributed by atoms with Gasteiger partial charge in [-0.1, -0.05) is 40.0 Å². The Morgan fingerprint density at radius 1 is 1.00 bits per heavy atom. The molecule has 0 atom stereocenters. The van der Waals surface area contributed by atoms with E-state index in [2.05, 4.69) is 20.8 Å². The van der Waals surface area contributed by atoms with Gasteiger partial charge in [0.05, 0.1) is 0 Å². The highest BCUT2D eigenvalue weighted by Gasteiger charge is 2.28. The first-order valence-electron chi connectivity index (χ1n) is 5.29. The van der Waals surface area contributed by atoms with Crippen LogP contribution in [0.3, 0.4) is 0 Å². The van der Waals surface area contributed by atoms with Crippen molar-refractivity contribution in [1.29, 1.82) is 0 Å². The first-order chi connectivity index (χ1) is 5.74. The van der Waals surface area contributed by atoms with Gasteiger partial charge in [-0.3, -0.25) is 0 Å². The van der Waals surface area contributed by atoms with Crippen LogP contribution in [0.2, 0.25) is 18.1 Å². The van der Waals surface area contributed by atoms with Crippen molar-refractivity contribution >= 4 is 8.32 Å². The summed E-state index contributed by atoms with van der Waals surface area (Å²) in [4.78, 5) is 0. The highest BCUT2D eigenvalue weighted by atomic mass is 28.4. The Balaban J connectivity index is 3.76. The molecule has 0 unspecified atom stereocenters. The van der Waals surface area contributed by atoms with Crippen molar-refractivity contribution in [3.8, 4) is 0 Å². The normalized spacial score (nSPS) is 12.0. The second kappa shape index (κ2) is 6.67. The predicted molar refractivity (Wildman–Crippen MR) is 58.1 cm³/mol. The van der Waals surface area contributed by atoms with Crippen molar-refractivity contribution in [2.45, 2.75) is 58.2 Å². The Bertz CT molecular complexity index is 91.7. The van der Waals surface area contributed by atoms with E-state index in [-0.39, 0.29) is 0 Å². The summed E-state index contributed by atoms with van der Waals surface area (Å²) in [6, 6.07) is 3.93. The topological polar surface area (TPSA) is 9.23 Å². The highest BCUT2D eigenvalue weighted by Crippen LogP contribution is 2.23. The van der Waals surface area contributed by atoms with Gasteiger partial charge in [-0.2, -0.15) is 0 Å². The van der Waals surface area contributed by atoms with Gasteiger partial charge in [0.1, 0.15) is 0 Å². The van der Waals surface area contributed by atoms with E-state index in [0.29, 0.717) is 0 Å².